The van der Waals surface area contributed by atoms with Crippen molar-refractivity contribution < 1.29 is 19.1 Å². The van der Waals surface area contributed by atoms with Crippen LogP contribution in [0.25, 0.3) is 17.4 Å². The Morgan fingerprint density at radius 1 is 1.32 bits per heavy atom. The molecule has 0 spiro atoms. The molecular formula is C18H16N2O4S. The largest absolute Gasteiger partial charge is 0.478 e. The van der Waals surface area contributed by atoms with Crippen LogP contribution < -0.4 is 0 Å². The number of benzene rings is 1. The number of carbonyl (C=O) groups is 2. The SMILES string of the molecule is CN=C1S/C(=C/c2ccc(-c3cccc(C(=O)O)c3C)o2)C(=O)N1C. The topological polar surface area (TPSA) is 83.1 Å². The molecule has 0 bridgehead atoms. The van der Waals surface area contributed by atoms with Crippen LogP contribution in [0.2, 0.25) is 0 Å². The lowest BCUT2D eigenvalue weighted by Crippen LogP contribution is -2.23. The Labute approximate surface area is 148 Å². The van der Waals surface area contributed by atoms with Crippen molar-refractivity contribution >= 4 is 34.9 Å². The predicted molar refractivity (Wildman–Crippen MR) is 97.5 cm³/mol. The first-order valence-corrected chi connectivity index (χ1v) is 8.31. The molecule has 0 unspecified atom stereocenters. The molecule has 2 aromatic rings. The van der Waals surface area contributed by atoms with Crippen molar-refractivity contribution in [3.8, 4) is 11.3 Å². The number of carbonyl (C=O) groups excluding carboxylic acids is 1. The van der Waals surface area contributed by atoms with Crippen molar-refractivity contribution in [1.29, 1.82) is 0 Å². The zero-order valence-corrected chi connectivity index (χ0v) is 14.8. The Balaban J connectivity index is 1.95. The minimum Gasteiger partial charge on any atom is -0.478 e. The number of aliphatic imine (C=N–C) groups is 1. The van der Waals surface area contributed by atoms with Crippen LogP contribution in [0.5, 0.6) is 0 Å². The number of likely N-dealkylation sites (N-methyl/N-ethyl adjacent to an activating group) is 1. The molecule has 6 nitrogen and oxygen atoms in total. The molecule has 128 valence electrons. The highest BCUT2D eigenvalue weighted by atomic mass is 32.2. The van der Waals surface area contributed by atoms with Crippen molar-refractivity contribution in [3.05, 3.63) is 52.1 Å². The zero-order chi connectivity index (χ0) is 18.1. The van der Waals surface area contributed by atoms with Gasteiger partial charge in [-0.05, 0) is 42.4 Å². The van der Waals surface area contributed by atoms with Gasteiger partial charge >= 0.3 is 5.97 Å². The van der Waals surface area contributed by atoms with E-state index in [1.54, 1.807) is 51.4 Å². The smallest absolute Gasteiger partial charge is 0.335 e. The molecule has 1 aromatic heterocycles. The highest BCUT2D eigenvalue weighted by Crippen LogP contribution is 2.33. The van der Waals surface area contributed by atoms with Crippen molar-refractivity contribution in [3.63, 3.8) is 0 Å². The van der Waals surface area contributed by atoms with Crippen LogP contribution in [-0.4, -0.2) is 41.1 Å². The maximum Gasteiger partial charge on any atom is 0.335 e. The second-order valence-corrected chi connectivity index (χ2v) is 6.48. The van der Waals surface area contributed by atoms with E-state index in [1.807, 2.05) is 6.07 Å². The van der Waals surface area contributed by atoms with Gasteiger partial charge in [-0.15, -0.1) is 0 Å². The van der Waals surface area contributed by atoms with Crippen LogP contribution in [-0.2, 0) is 4.79 Å². The first-order valence-electron chi connectivity index (χ1n) is 7.50. The monoisotopic (exact) mass is 356 g/mol. The highest BCUT2D eigenvalue weighted by molar-refractivity contribution is 8.18. The summed E-state index contributed by atoms with van der Waals surface area (Å²) in [4.78, 5) is 29.5. The maximum atomic E-state index is 12.2. The fourth-order valence-corrected chi connectivity index (χ4v) is 3.50. The van der Waals surface area contributed by atoms with Crippen molar-refractivity contribution in [1.82, 2.24) is 4.90 Å². The van der Waals surface area contributed by atoms with Crippen LogP contribution in [0.15, 0.2) is 44.6 Å². The molecule has 1 aliphatic rings. The van der Waals surface area contributed by atoms with Gasteiger partial charge in [-0.25, -0.2) is 4.79 Å². The number of furan rings is 1. The second kappa shape index (κ2) is 6.60. The number of aromatic carboxylic acids is 1. The van der Waals surface area contributed by atoms with E-state index in [9.17, 15) is 14.7 Å². The number of nitrogens with zero attached hydrogens (tertiary/aromatic N) is 2. The third-order valence-corrected chi connectivity index (χ3v) is 5.08. The Morgan fingerprint density at radius 2 is 2.08 bits per heavy atom. The molecule has 2 heterocycles. The summed E-state index contributed by atoms with van der Waals surface area (Å²) in [6, 6.07) is 8.57. The third kappa shape index (κ3) is 3.10. The standard InChI is InChI=1S/C18H16N2O4S/c1-10-12(5-4-6-13(10)17(22)23)14-8-7-11(24-14)9-15-16(21)20(3)18(19-2)25-15/h4-9H,1-3H3,(H,22,23)/b15-9+,19-18?. The molecule has 1 aromatic carbocycles. The molecule has 3 rings (SSSR count). The van der Waals surface area contributed by atoms with Gasteiger partial charge < -0.3 is 9.52 Å². The van der Waals surface area contributed by atoms with Gasteiger partial charge in [0.2, 0.25) is 0 Å². The van der Waals surface area contributed by atoms with Gasteiger partial charge in [0.05, 0.1) is 10.5 Å². The van der Waals surface area contributed by atoms with E-state index in [-0.39, 0.29) is 11.5 Å². The second-order valence-electron chi connectivity index (χ2n) is 5.47. The molecule has 1 amide bonds. The highest BCUT2D eigenvalue weighted by Gasteiger charge is 2.30. The molecule has 0 saturated carbocycles. The average Bonchev–Trinajstić information content (AvgIpc) is 3.15. The molecule has 0 radical (unpaired) electrons. The lowest BCUT2D eigenvalue weighted by Gasteiger charge is -2.06. The van der Waals surface area contributed by atoms with Gasteiger partial charge in [-0.2, -0.15) is 0 Å². The van der Waals surface area contributed by atoms with E-state index >= 15 is 0 Å². The summed E-state index contributed by atoms with van der Waals surface area (Å²) in [7, 11) is 3.31. The normalized spacial score (nSPS) is 17.7. The van der Waals surface area contributed by atoms with Gasteiger partial charge in [0, 0.05) is 25.7 Å². The predicted octanol–water partition coefficient (Wildman–Crippen LogP) is 3.49. The molecule has 1 aliphatic heterocycles. The number of rotatable bonds is 3. The quantitative estimate of drug-likeness (QED) is 0.851. The molecule has 1 N–H and O–H groups in total. The molecule has 25 heavy (non-hydrogen) atoms. The first-order chi connectivity index (χ1) is 11.9. The van der Waals surface area contributed by atoms with E-state index in [2.05, 4.69) is 4.99 Å². The fraction of sp³-hybridized carbons (Fsp3) is 0.167. The first kappa shape index (κ1) is 17.0. The van der Waals surface area contributed by atoms with Crippen LogP contribution in [0.4, 0.5) is 0 Å². The summed E-state index contributed by atoms with van der Waals surface area (Å²) in [5.74, 6) is -0.0272. The average molecular weight is 356 g/mol. The summed E-state index contributed by atoms with van der Waals surface area (Å²) in [5.41, 5.74) is 1.58. The summed E-state index contributed by atoms with van der Waals surface area (Å²) in [6.07, 6.45) is 1.67. The zero-order valence-electron chi connectivity index (χ0n) is 13.9. The number of carboxylic acids is 1. The van der Waals surface area contributed by atoms with Gasteiger partial charge in [-0.1, -0.05) is 12.1 Å². The van der Waals surface area contributed by atoms with E-state index in [0.717, 1.165) is 0 Å². The number of hydrogen-bond acceptors (Lipinski definition) is 5. The molecule has 7 heteroatoms. The Morgan fingerprint density at radius 3 is 2.72 bits per heavy atom. The summed E-state index contributed by atoms with van der Waals surface area (Å²) < 4.78 is 5.81. The number of hydrogen-bond donors (Lipinski definition) is 1. The molecule has 0 atom stereocenters. The summed E-state index contributed by atoms with van der Waals surface area (Å²) in [6.45, 7) is 1.74. The third-order valence-electron chi connectivity index (χ3n) is 3.92. The molecule has 0 aliphatic carbocycles. The van der Waals surface area contributed by atoms with E-state index in [4.69, 9.17) is 4.42 Å². The summed E-state index contributed by atoms with van der Waals surface area (Å²) >= 11 is 1.29. The van der Waals surface area contributed by atoms with Gasteiger partial charge in [0.15, 0.2) is 5.17 Å². The Kier molecular flexibility index (Phi) is 4.50. The van der Waals surface area contributed by atoms with Crippen LogP contribution >= 0.6 is 11.8 Å². The van der Waals surface area contributed by atoms with Crippen molar-refractivity contribution in [2.24, 2.45) is 4.99 Å². The molecule has 1 fully saturated rings. The lowest BCUT2D eigenvalue weighted by molar-refractivity contribution is -0.121. The summed E-state index contributed by atoms with van der Waals surface area (Å²) in [5, 5.41) is 9.87. The van der Waals surface area contributed by atoms with Crippen molar-refractivity contribution in [2.75, 3.05) is 14.1 Å². The Hall–Kier alpha value is -2.80. The molecular weight excluding hydrogens is 340 g/mol. The fourth-order valence-electron chi connectivity index (χ4n) is 2.59. The number of amidine groups is 1. The number of amides is 1. The minimum absolute atomic E-state index is 0.132. The number of carboxylic acid groups (broad SMARTS) is 1. The number of thioether (sulfide) groups is 1. The van der Waals surface area contributed by atoms with Gasteiger partial charge in [0.25, 0.3) is 5.91 Å². The van der Waals surface area contributed by atoms with Gasteiger partial charge in [-0.3, -0.25) is 14.7 Å². The van der Waals surface area contributed by atoms with E-state index < -0.39 is 5.97 Å². The van der Waals surface area contributed by atoms with Gasteiger partial charge in [0.1, 0.15) is 11.5 Å². The van der Waals surface area contributed by atoms with Crippen molar-refractivity contribution in [2.45, 2.75) is 6.92 Å². The Bertz CT molecular complexity index is 927. The maximum absolute atomic E-state index is 12.2. The minimum atomic E-state index is -0.976. The van der Waals surface area contributed by atoms with Crippen LogP contribution in [0.1, 0.15) is 21.7 Å². The van der Waals surface area contributed by atoms with Crippen LogP contribution in [0.3, 0.4) is 0 Å². The molecule has 1 saturated heterocycles. The van der Waals surface area contributed by atoms with E-state index in [1.165, 1.54) is 16.7 Å². The van der Waals surface area contributed by atoms with E-state index in [0.29, 0.717) is 32.7 Å². The van der Waals surface area contributed by atoms with Crippen LogP contribution in [0, 0.1) is 6.92 Å². The lowest BCUT2D eigenvalue weighted by atomic mass is 10.0.